The van der Waals surface area contributed by atoms with E-state index in [1.165, 1.54) is 0 Å². The molecule has 1 aromatic rings. The van der Waals surface area contributed by atoms with E-state index in [-0.39, 0.29) is 17.6 Å². The monoisotopic (exact) mass is 220 g/mol. The maximum absolute atomic E-state index is 13.2. The molecule has 1 unspecified atom stereocenters. The van der Waals surface area contributed by atoms with Crippen LogP contribution in [0.25, 0.3) is 0 Å². The first-order valence-corrected chi connectivity index (χ1v) is 5.88. The third-order valence-corrected chi connectivity index (χ3v) is 3.48. The van der Waals surface area contributed by atoms with Gasteiger partial charge in [-0.2, -0.15) is 0 Å². The molecule has 0 spiro atoms. The average molecular weight is 220 g/mol. The van der Waals surface area contributed by atoms with Crippen LogP contribution in [0.1, 0.15) is 37.7 Å². The maximum atomic E-state index is 13.2. The van der Waals surface area contributed by atoms with Gasteiger partial charge in [-0.25, -0.2) is 4.39 Å². The zero-order chi connectivity index (χ0) is 11.5. The number of rotatable bonds is 3. The molecule has 0 amide bonds. The maximum Gasteiger partial charge on any atom is 0.137 e. The number of carbonyl (C=O) groups excluding carboxylic acids is 1. The Bertz CT molecular complexity index is 360. The van der Waals surface area contributed by atoms with Gasteiger partial charge in [-0.05, 0) is 37.7 Å². The van der Waals surface area contributed by atoms with Crippen molar-refractivity contribution in [3.8, 4) is 0 Å². The molecule has 1 aliphatic rings. The minimum Gasteiger partial charge on any atom is -0.299 e. The van der Waals surface area contributed by atoms with Crippen molar-refractivity contribution in [2.75, 3.05) is 0 Å². The Morgan fingerprint density at radius 1 is 1.31 bits per heavy atom. The van der Waals surface area contributed by atoms with E-state index in [4.69, 9.17) is 0 Å². The summed E-state index contributed by atoms with van der Waals surface area (Å²) >= 11 is 0. The van der Waals surface area contributed by atoms with Crippen molar-refractivity contribution in [3.63, 3.8) is 0 Å². The molecule has 1 aromatic carbocycles. The molecule has 3 atom stereocenters. The molecule has 0 aromatic heterocycles. The van der Waals surface area contributed by atoms with Crippen molar-refractivity contribution in [2.45, 2.75) is 38.3 Å². The second-order valence-electron chi connectivity index (χ2n) is 4.67. The number of alkyl halides is 1. The molecule has 2 rings (SSSR count). The van der Waals surface area contributed by atoms with Crippen LogP contribution in [-0.4, -0.2) is 12.0 Å². The van der Waals surface area contributed by atoms with E-state index in [1.54, 1.807) is 6.92 Å². The molecule has 1 aliphatic carbocycles. The van der Waals surface area contributed by atoms with E-state index in [0.717, 1.165) is 12.0 Å². The molecule has 16 heavy (non-hydrogen) atoms. The molecule has 0 N–H and O–H groups in total. The Kier molecular flexibility index (Phi) is 3.37. The van der Waals surface area contributed by atoms with Gasteiger partial charge in [-0.1, -0.05) is 30.3 Å². The lowest BCUT2D eigenvalue weighted by Gasteiger charge is -2.20. The predicted octanol–water partition coefficient (Wildman–Crippen LogP) is 3.50. The number of halogens is 1. The number of hydrogen-bond acceptors (Lipinski definition) is 1. The molecule has 1 nitrogen and oxygen atoms in total. The van der Waals surface area contributed by atoms with Gasteiger partial charge < -0.3 is 0 Å². The van der Waals surface area contributed by atoms with Gasteiger partial charge in [0.15, 0.2) is 0 Å². The smallest absolute Gasteiger partial charge is 0.137 e. The van der Waals surface area contributed by atoms with Crippen molar-refractivity contribution in [1.29, 1.82) is 0 Å². The second kappa shape index (κ2) is 4.77. The van der Waals surface area contributed by atoms with Crippen LogP contribution in [0.15, 0.2) is 30.3 Å². The summed E-state index contributed by atoms with van der Waals surface area (Å²) in [5.41, 5.74) is 1.04. The molecule has 1 fully saturated rings. The standard InChI is InChI=1S/C14H17FO/c1-10(16)14(11-5-3-2-4-6-11)12-7-8-13(15)9-12/h2-6,12-14H,7-9H2,1H3/t12?,13-,14+/m0/s1. The lowest BCUT2D eigenvalue weighted by molar-refractivity contribution is -0.119. The van der Waals surface area contributed by atoms with Gasteiger partial charge >= 0.3 is 0 Å². The Balaban J connectivity index is 2.21. The van der Waals surface area contributed by atoms with Gasteiger partial charge in [-0.3, -0.25) is 4.79 Å². The quantitative estimate of drug-likeness (QED) is 0.762. The van der Waals surface area contributed by atoms with E-state index < -0.39 is 6.17 Å². The van der Waals surface area contributed by atoms with Crippen molar-refractivity contribution >= 4 is 5.78 Å². The Labute approximate surface area is 95.7 Å². The van der Waals surface area contributed by atoms with Crippen LogP contribution in [0.4, 0.5) is 4.39 Å². The van der Waals surface area contributed by atoms with Crippen LogP contribution in [-0.2, 0) is 4.79 Å². The normalized spacial score (nSPS) is 26.6. The molecular formula is C14H17FO. The number of benzene rings is 1. The van der Waals surface area contributed by atoms with Gasteiger partial charge in [0.1, 0.15) is 12.0 Å². The third-order valence-electron chi connectivity index (χ3n) is 3.48. The first-order valence-electron chi connectivity index (χ1n) is 5.88. The molecule has 0 saturated heterocycles. The van der Waals surface area contributed by atoms with E-state index in [1.807, 2.05) is 30.3 Å². The van der Waals surface area contributed by atoms with Crippen LogP contribution in [0.3, 0.4) is 0 Å². The summed E-state index contributed by atoms with van der Waals surface area (Å²) in [6.07, 6.45) is 1.27. The molecule has 86 valence electrons. The van der Waals surface area contributed by atoms with E-state index in [2.05, 4.69) is 0 Å². The highest BCUT2D eigenvalue weighted by molar-refractivity contribution is 5.83. The molecule has 0 aliphatic heterocycles. The summed E-state index contributed by atoms with van der Waals surface area (Å²) in [5.74, 6) is 0.238. The second-order valence-corrected chi connectivity index (χ2v) is 4.67. The van der Waals surface area contributed by atoms with Crippen molar-refractivity contribution in [3.05, 3.63) is 35.9 Å². The van der Waals surface area contributed by atoms with Gasteiger partial charge in [-0.15, -0.1) is 0 Å². The highest BCUT2D eigenvalue weighted by Crippen LogP contribution is 2.39. The Morgan fingerprint density at radius 2 is 2.00 bits per heavy atom. The molecule has 1 saturated carbocycles. The van der Waals surface area contributed by atoms with E-state index >= 15 is 0 Å². The van der Waals surface area contributed by atoms with Crippen molar-refractivity contribution < 1.29 is 9.18 Å². The third kappa shape index (κ3) is 2.31. The van der Waals surface area contributed by atoms with Gasteiger partial charge in [0, 0.05) is 5.92 Å². The summed E-state index contributed by atoms with van der Waals surface area (Å²) in [6, 6.07) is 9.75. The topological polar surface area (TPSA) is 17.1 Å². The molecule has 2 heteroatoms. The number of hydrogen-bond donors (Lipinski definition) is 0. The largest absolute Gasteiger partial charge is 0.299 e. The summed E-state index contributed by atoms with van der Waals surface area (Å²) in [4.78, 5) is 11.7. The highest BCUT2D eigenvalue weighted by Gasteiger charge is 2.33. The summed E-state index contributed by atoms with van der Waals surface area (Å²) < 4.78 is 13.2. The SMILES string of the molecule is CC(=O)[C@H](c1ccccc1)C1CC[C@H](F)C1. The number of ketones is 1. The first kappa shape index (κ1) is 11.3. The fourth-order valence-electron chi connectivity index (χ4n) is 2.76. The minimum atomic E-state index is -0.712. The molecular weight excluding hydrogens is 203 g/mol. The van der Waals surface area contributed by atoms with Crippen LogP contribution >= 0.6 is 0 Å². The zero-order valence-corrected chi connectivity index (χ0v) is 9.53. The van der Waals surface area contributed by atoms with Crippen LogP contribution in [0, 0.1) is 5.92 Å². The fraction of sp³-hybridized carbons (Fsp3) is 0.500. The zero-order valence-electron chi connectivity index (χ0n) is 9.53. The minimum absolute atomic E-state index is 0.109. The summed E-state index contributed by atoms with van der Waals surface area (Å²) in [6.45, 7) is 1.61. The van der Waals surface area contributed by atoms with Crippen LogP contribution in [0.2, 0.25) is 0 Å². The molecule has 0 heterocycles. The Morgan fingerprint density at radius 3 is 2.50 bits per heavy atom. The van der Waals surface area contributed by atoms with Crippen molar-refractivity contribution in [1.82, 2.24) is 0 Å². The predicted molar refractivity (Wildman–Crippen MR) is 62.1 cm³/mol. The molecule has 0 radical (unpaired) electrons. The van der Waals surface area contributed by atoms with Gasteiger partial charge in [0.25, 0.3) is 0 Å². The summed E-state index contributed by atoms with van der Waals surface area (Å²) in [7, 11) is 0. The van der Waals surface area contributed by atoms with Crippen LogP contribution < -0.4 is 0 Å². The van der Waals surface area contributed by atoms with Crippen LogP contribution in [0.5, 0.6) is 0 Å². The lowest BCUT2D eigenvalue weighted by Crippen LogP contribution is -2.18. The van der Waals surface area contributed by atoms with E-state index in [0.29, 0.717) is 12.8 Å². The highest BCUT2D eigenvalue weighted by atomic mass is 19.1. The average Bonchev–Trinajstić information content (AvgIpc) is 2.66. The number of carbonyl (C=O) groups is 1. The summed E-state index contributed by atoms with van der Waals surface area (Å²) in [5, 5.41) is 0. The Hall–Kier alpha value is -1.18. The molecule has 0 bridgehead atoms. The fourth-order valence-corrected chi connectivity index (χ4v) is 2.76. The number of Topliss-reactive ketones (excluding diaryl/α,β-unsaturated/α-hetero) is 1. The van der Waals surface area contributed by atoms with Gasteiger partial charge in [0.05, 0.1) is 0 Å². The first-order chi connectivity index (χ1) is 7.68. The van der Waals surface area contributed by atoms with Crippen molar-refractivity contribution in [2.24, 2.45) is 5.92 Å². The van der Waals surface area contributed by atoms with Gasteiger partial charge in [0.2, 0.25) is 0 Å². The lowest BCUT2D eigenvalue weighted by atomic mass is 9.82. The van der Waals surface area contributed by atoms with E-state index in [9.17, 15) is 9.18 Å².